The number of hydrogen-bond acceptors (Lipinski definition) is 13. The smallest absolute Gasteiger partial charge is 0.329 e. The van der Waals surface area contributed by atoms with Crippen molar-refractivity contribution in [3.63, 3.8) is 0 Å². The van der Waals surface area contributed by atoms with E-state index in [1.165, 1.54) is 11.8 Å². The minimum absolute atomic E-state index is 0. The molecule has 0 aliphatic carbocycles. The monoisotopic (exact) mass is 1020 g/mol. The predicted octanol–water partition coefficient (Wildman–Crippen LogP) is 3.52. The van der Waals surface area contributed by atoms with Gasteiger partial charge in [0.25, 0.3) is 0 Å². The van der Waals surface area contributed by atoms with Crippen LogP contribution in [0.4, 0.5) is 4.79 Å². The van der Waals surface area contributed by atoms with Gasteiger partial charge in [-0.25, -0.2) is 9.59 Å². The Morgan fingerprint density at radius 3 is 2.57 bits per heavy atom. The number of aromatic hydroxyl groups is 2. The number of urea groups is 1. The van der Waals surface area contributed by atoms with Crippen LogP contribution in [-0.4, -0.2) is 111 Å². The number of ether oxygens (including phenoxy) is 3. The summed E-state index contributed by atoms with van der Waals surface area (Å²) in [4.78, 5) is 43.4. The first-order valence-corrected chi connectivity index (χ1v) is 21.2. The molecular weight excluding hydrogens is 972 g/mol. The number of likely N-dealkylation sites (N-methyl/N-ethyl adjacent to an activating group) is 1. The van der Waals surface area contributed by atoms with Crippen LogP contribution >= 0.6 is 23.5 Å². The number of benzene rings is 2. The molecule has 2 aromatic carbocycles. The summed E-state index contributed by atoms with van der Waals surface area (Å²) in [6.07, 6.45) is 3.12. The number of phenols is 2. The van der Waals surface area contributed by atoms with Gasteiger partial charge in [-0.05, 0) is 63.8 Å². The molecule has 5 N–H and O–H groups in total. The van der Waals surface area contributed by atoms with Gasteiger partial charge in [0.15, 0.2) is 11.5 Å². The van der Waals surface area contributed by atoms with E-state index >= 15 is 0 Å². The Morgan fingerprint density at radius 1 is 1.02 bits per heavy atom. The van der Waals surface area contributed by atoms with Gasteiger partial charge in [-0.1, -0.05) is 12.5 Å². The molecule has 4 fully saturated rings. The zero-order chi connectivity index (χ0) is 38.4. The van der Waals surface area contributed by atoms with Crippen molar-refractivity contribution in [2.24, 2.45) is 0 Å². The molecule has 1 radical (unpaired) electrons. The van der Waals surface area contributed by atoms with Gasteiger partial charge in [-0.3, -0.25) is 14.6 Å². The van der Waals surface area contributed by atoms with E-state index in [0.717, 1.165) is 40.8 Å². The second-order valence-corrected chi connectivity index (χ2v) is 18.3. The first-order valence-electron chi connectivity index (χ1n) is 19.1. The average molecular weight is 1020 g/mol. The molecule has 295 valence electrons. The quantitative estimate of drug-likeness (QED) is 0.161. The number of aryl methyl sites for hydroxylation is 1. The van der Waals surface area contributed by atoms with Crippen molar-refractivity contribution in [3.8, 4) is 29.1 Å². The number of carbonyl (C=O) groups excluding carboxylic acids is 3. The van der Waals surface area contributed by atoms with Crippen LogP contribution in [0.15, 0.2) is 6.07 Å². The zero-order valence-corrected chi connectivity index (χ0v) is 38.2. The van der Waals surface area contributed by atoms with Gasteiger partial charge in [0, 0.05) is 102 Å². The van der Waals surface area contributed by atoms with E-state index in [4.69, 9.17) is 14.2 Å². The number of nitriles is 1. The van der Waals surface area contributed by atoms with Gasteiger partial charge in [0.05, 0.1) is 35.5 Å². The molecule has 14 nitrogen and oxygen atoms in total. The molecule has 0 aromatic heterocycles. The van der Waals surface area contributed by atoms with Crippen molar-refractivity contribution >= 4 is 41.4 Å². The van der Waals surface area contributed by atoms with Crippen LogP contribution in [0.5, 0.6) is 23.0 Å². The third-order valence-corrected chi connectivity index (χ3v) is 15.9. The molecule has 56 heavy (non-hydrogen) atoms. The maximum Gasteiger partial charge on any atom is 0.329 e. The van der Waals surface area contributed by atoms with E-state index < -0.39 is 35.4 Å². The Balaban J connectivity index is 0.00000441. The van der Waals surface area contributed by atoms with E-state index in [1.807, 2.05) is 32.7 Å². The zero-order valence-electron chi connectivity index (χ0n) is 31.8. The standard InChI is InChI=1S/C39H46N6O8S2.Ac/c1-16-9-19-10-22-23(11-40)45-24-12-51-38(49)21(41-26(46)8-6-5-7-25-30-20(13-54-25)42-39(50)43-30)14-55-37(32(45)31(44(22)4)27(19)33(47)17(16)2)29-28(24)36-35(52-15-53-36)18(3)34(29)48;/h9,20-25,30-32,37,47-48H,5-8,10,12-15H2,1-4H3,(H,41,46)(H2,42,43,50);/t20?,21-,22+,23-,24+,25?,30?,31+,32?,37+;/m0./s1. The van der Waals surface area contributed by atoms with Crippen LogP contribution in [0.1, 0.15) is 82.0 Å². The number of hydrogen-bond donors (Lipinski definition) is 5. The van der Waals surface area contributed by atoms with Gasteiger partial charge in [0.2, 0.25) is 12.7 Å². The third-order valence-electron chi connectivity index (χ3n) is 13.0. The summed E-state index contributed by atoms with van der Waals surface area (Å²) in [5.41, 5.74) is 5.42. The van der Waals surface area contributed by atoms with E-state index in [9.17, 15) is 29.9 Å². The average Bonchev–Trinajstić information content (AvgIpc) is 3.89. The van der Waals surface area contributed by atoms with Crippen LogP contribution in [0.25, 0.3) is 0 Å². The summed E-state index contributed by atoms with van der Waals surface area (Å²) in [6.45, 7) is 5.51. The van der Waals surface area contributed by atoms with Crippen molar-refractivity contribution in [1.29, 1.82) is 5.26 Å². The first-order chi connectivity index (χ1) is 26.5. The summed E-state index contributed by atoms with van der Waals surface area (Å²) >= 11 is 3.28. The summed E-state index contributed by atoms with van der Waals surface area (Å²) < 4.78 is 18.1. The Labute approximate surface area is 370 Å². The number of unbranched alkanes of at least 4 members (excludes halogenated alkanes) is 1. The normalized spacial score (nSPS) is 32.4. The molecule has 4 saturated heterocycles. The molecule has 17 heteroatoms. The largest absolute Gasteiger partial charge is 0.507 e. The fourth-order valence-electron chi connectivity index (χ4n) is 10.2. The minimum atomic E-state index is -0.949. The molecule has 0 spiro atoms. The van der Waals surface area contributed by atoms with Crippen LogP contribution in [0.3, 0.4) is 0 Å². The van der Waals surface area contributed by atoms with Crippen molar-refractivity contribution in [2.75, 3.05) is 32.0 Å². The third kappa shape index (κ3) is 6.35. The van der Waals surface area contributed by atoms with Crippen LogP contribution in [0, 0.1) is 76.2 Å². The number of nitrogens with zero attached hydrogens (tertiary/aromatic N) is 3. The van der Waals surface area contributed by atoms with Gasteiger partial charge in [-0.2, -0.15) is 17.0 Å². The van der Waals surface area contributed by atoms with Gasteiger partial charge in [0.1, 0.15) is 30.2 Å². The fourth-order valence-corrected chi connectivity index (χ4v) is 13.3. The Hall–Kier alpha value is -2.60. The minimum Gasteiger partial charge on any atom is -0.507 e. The molecule has 8 aliphatic rings. The molecule has 10 atom stereocenters. The van der Waals surface area contributed by atoms with Gasteiger partial charge in [-0.15, -0.1) is 11.8 Å². The molecular formula is C39H46AcN6O8S2. The summed E-state index contributed by atoms with van der Waals surface area (Å²) in [7, 11) is 2.00. The molecule has 8 heterocycles. The first kappa shape index (κ1) is 40.2. The van der Waals surface area contributed by atoms with Crippen molar-refractivity contribution in [2.45, 2.75) is 112 Å². The van der Waals surface area contributed by atoms with Gasteiger partial charge >= 0.3 is 12.0 Å². The number of carbonyl (C=O) groups is 3. The maximum absolute atomic E-state index is 13.9. The molecule has 8 aliphatic heterocycles. The Morgan fingerprint density at radius 2 is 1.79 bits per heavy atom. The molecule has 4 bridgehead atoms. The molecule has 2 aromatic rings. The number of thioether (sulfide) groups is 2. The van der Waals surface area contributed by atoms with Crippen LogP contribution < -0.4 is 25.4 Å². The number of fused-ring (bicyclic) bond motifs is 11. The number of phenolic OH excluding ortho intramolecular Hbond substituents is 2. The molecule has 3 amide bonds. The number of rotatable bonds is 6. The number of nitrogens with one attached hydrogen (secondary N) is 3. The topological polar surface area (TPSA) is 186 Å². The number of amides is 3. The van der Waals surface area contributed by atoms with E-state index in [2.05, 4.69) is 37.9 Å². The second kappa shape index (κ2) is 15.5. The van der Waals surface area contributed by atoms with Crippen molar-refractivity contribution in [3.05, 3.63) is 45.0 Å². The van der Waals surface area contributed by atoms with Crippen molar-refractivity contribution in [1.82, 2.24) is 25.8 Å². The van der Waals surface area contributed by atoms with Crippen LogP contribution in [0.2, 0.25) is 0 Å². The SMILES string of the molecule is Cc1cc2c(c(O)c1C)[C@@H]1C3[C@@H]4SC[C@H](NC(=O)CCCCC5SCC6NC(=O)NC65)C(=O)OC[C@H](c5c6c(c(C)c(O)c54)OCO6)N3[C@@H](C#N)[C@@H](C2)N1C.[Ac]. The van der Waals surface area contributed by atoms with Gasteiger partial charge < -0.3 is 40.4 Å². The Kier molecular flexibility index (Phi) is 11.2. The predicted molar refractivity (Wildman–Crippen MR) is 204 cm³/mol. The van der Waals surface area contributed by atoms with E-state index in [1.54, 1.807) is 6.92 Å². The Bertz CT molecular complexity index is 2030. The second-order valence-electron chi connectivity index (χ2n) is 15.9. The fraction of sp³-hybridized carbons (Fsp3) is 0.590. The molecule has 0 saturated carbocycles. The summed E-state index contributed by atoms with van der Waals surface area (Å²) in [5, 5.41) is 43.6. The molecule has 10 rings (SSSR count). The summed E-state index contributed by atoms with van der Waals surface area (Å²) in [5.74, 6) is 1.43. The number of esters is 1. The van der Waals surface area contributed by atoms with Crippen LogP contribution in [-0.2, 0) is 20.7 Å². The van der Waals surface area contributed by atoms with Crippen molar-refractivity contribution < 1.29 is 82.9 Å². The maximum atomic E-state index is 13.9. The molecule has 4 unspecified atom stereocenters. The number of piperazine rings is 1. The van der Waals surface area contributed by atoms with E-state index in [-0.39, 0.29) is 117 Å². The van der Waals surface area contributed by atoms with E-state index in [0.29, 0.717) is 46.3 Å². The summed E-state index contributed by atoms with van der Waals surface area (Å²) in [6, 6.07) is 1.55.